The third-order valence-electron chi connectivity index (χ3n) is 5.90. The molecule has 1 saturated heterocycles. The molecule has 4 rings (SSSR count). The molecule has 2 aliphatic rings. The van der Waals surface area contributed by atoms with Gasteiger partial charge in [-0.05, 0) is 55.7 Å². The van der Waals surface area contributed by atoms with Gasteiger partial charge in [0, 0.05) is 30.2 Å². The predicted octanol–water partition coefficient (Wildman–Crippen LogP) is 3.79. The molecule has 31 heavy (non-hydrogen) atoms. The molecule has 1 aromatic heterocycles. The number of nitrogens with zero attached hydrogens (tertiary/aromatic N) is 4. The lowest BCUT2D eigenvalue weighted by Crippen LogP contribution is -2.40. The van der Waals surface area contributed by atoms with Crippen LogP contribution >= 0.6 is 11.6 Å². The fourth-order valence-corrected chi connectivity index (χ4v) is 4.50. The number of nitrogens with one attached hydrogen (secondary N) is 1. The Morgan fingerprint density at radius 3 is 2.87 bits per heavy atom. The summed E-state index contributed by atoms with van der Waals surface area (Å²) in [7, 11) is 0. The second-order valence-electron chi connectivity index (χ2n) is 8.31. The van der Waals surface area contributed by atoms with Gasteiger partial charge in [0.25, 0.3) is 0 Å². The number of carbonyl (C=O) groups excluding carboxylic acids is 1. The van der Waals surface area contributed by atoms with Gasteiger partial charge in [0.1, 0.15) is 29.6 Å². The van der Waals surface area contributed by atoms with Crippen LogP contribution < -0.4 is 16.0 Å². The number of nitrogen functional groups attached to an aromatic ring is 1. The molecule has 0 unspecified atom stereocenters. The van der Waals surface area contributed by atoms with Gasteiger partial charge in [0.05, 0.1) is 6.04 Å². The summed E-state index contributed by atoms with van der Waals surface area (Å²) in [6, 6.07) is 5.98. The molecule has 0 bridgehead atoms. The smallest absolute Gasteiger partial charge is 0.155 e. The van der Waals surface area contributed by atoms with Gasteiger partial charge in [-0.15, -0.1) is 0 Å². The van der Waals surface area contributed by atoms with Gasteiger partial charge in [-0.3, -0.25) is 4.79 Å². The van der Waals surface area contributed by atoms with E-state index in [-0.39, 0.29) is 35.0 Å². The molecular formula is C22H24ClFN6O. The van der Waals surface area contributed by atoms with E-state index in [4.69, 9.17) is 17.3 Å². The van der Waals surface area contributed by atoms with Crippen LogP contribution in [0.1, 0.15) is 37.7 Å². The Morgan fingerprint density at radius 2 is 2.16 bits per heavy atom. The first-order valence-electron chi connectivity index (χ1n) is 10.5. The van der Waals surface area contributed by atoms with Crippen molar-refractivity contribution in [2.45, 2.75) is 38.1 Å². The minimum atomic E-state index is -0.433. The highest BCUT2D eigenvalue weighted by atomic mass is 35.5. The van der Waals surface area contributed by atoms with Gasteiger partial charge in [-0.25, -0.2) is 14.4 Å². The largest absolute Gasteiger partial charge is 0.382 e. The molecule has 7 nitrogen and oxygen atoms in total. The number of nitrogens with two attached hydrogens (primary N) is 1. The number of Topliss-reactive ketones (excluding diaryl/α,β-unsaturated/α-hetero) is 1. The van der Waals surface area contributed by atoms with Gasteiger partial charge in [0.15, 0.2) is 11.6 Å². The van der Waals surface area contributed by atoms with Crippen LogP contribution in [0.25, 0.3) is 0 Å². The Hall–Kier alpha value is -2.92. The highest BCUT2D eigenvalue weighted by Gasteiger charge is 2.37. The maximum Gasteiger partial charge on any atom is 0.155 e. The van der Waals surface area contributed by atoms with Crippen LogP contribution in [-0.2, 0) is 4.79 Å². The Balaban J connectivity index is 1.44. The maximum atomic E-state index is 13.7. The normalized spacial score (nSPS) is 19.5. The van der Waals surface area contributed by atoms with Crippen LogP contribution in [0.15, 0.2) is 24.5 Å². The maximum absolute atomic E-state index is 13.7. The minimum Gasteiger partial charge on any atom is -0.382 e. The number of hydrogen-bond donors (Lipinski definition) is 2. The topological polar surface area (TPSA) is 108 Å². The summed E-state index contributed by atoms with van der Waals surface area (Å²) in [5.41, 5.74) is 6.63. The highest BCUT2D eigenvalue weighted by Crippen LogP contribution is 2.37. The lowest BCUT2D eigenvalue weighted by atomic mass is 9.89. The first-order valence-corrected chi connectivity index (χ1v) is 10.8. The predicted molar refractivity (Wildman–Crippen MR) is 117 cm³/mol. The number of hydrogen-bond acceptors (Lipinski definition) is 7. The van der Waals surface area contributed by atoms with Crippen molar-refractivity contribution in [1.82, 2.24) is 9.97 Å². The summed E-state index contributed by atoms with van der Waals surface area (Å²) in [6.07, 6.45) is 5.55. The van der Waals surface area contributed by atoms with Crippen molar-refractivity contribution in [2.24, 2.45) is 11.8 Å². The molecule has 2 atom stereocenters. The lowest BCUT2D eigenvalue weighted by Gasteiger charge is -2.34. The van der Waals surface area contributed by atoms with Crippen molar-refractivity contribution in [3.63, 3.8) is 0 Å². The molecule has 1 saturated carbocycles. The SMILES string of the molecule is N#Cc1c(N)ncnc1N1CCC[C@@H](CC(=O)[C@H](Nc2cc(F)cc(Cl)c2)C2CC2)C1. The van der Waals surface area contributed by atoms with Crippen molar-refractivity contribution in [1.29, 1.82) is 5.26 Å². The molecule has 0 spiro atoms. The molecule has 9 heteroatoms. The fraction of sp³-hybridized carbons (Fsp3) is 0.455. The number of benzene rings is 1. The molecule has 2 heterocycles. The molecule has 0 amide bonds. The van der Waals surface area contributed by atoms with E-state index in [1.54, 1.807) is 6.07 Å². The summed E-state index contributed by atoms with van der Waals surface area (Å²) in [5, 5.41) is 12.9. The Kier molecular flexibility index (Phi) is 6.23. The molecular weight excluding hydrogens is 419 g/mol. The van der Waals surface area contributed by atoms with Crippen LogP contribution in [0, 0.1) is 29.0 Å². The molecule has 1 aliphatic heterocycles. The van der Waals surface area contributed by atoms with Crippen molar-refractivity contribution in [3.05, 3.63) is 40.9 Å². The van der Waals surface area contributed by atoms with E-state index >= 15 is 0 Å². The molecule has 3 N–H and O–H groups in total. The average molecular weight is 443 g/mol. The second-order valence-corrected chi connectivity index (χ2v) is 8.75. The summed E-state index contributed by atoms with van der Waals surface area (Å²) >= 11 is 5.96. The van der Waals surface area contributed by atoms with Crippen LogP contribution in [0.5, 0.6) is 0 Å². The van der Waals surface area contributed by atoms with Gasteiger partial charge >= 0.3 is 0 Å². The first-order chi connectivity index (χ1) is 14.9. The first kappa shape index (κ1) is 21.3. The van der Waals surface area contributed by atoms with E-state index in [1.807, 2.05) is 4.90 Å². The fourth-order valence-electron chi connectivity index (χ4n) is 4.28. The molecule has 0 radical (unpaired) electrons. The second kappa shape index (κ2) is 9.06. The zero-order chi connectivity index (χ0) is 22.0. The number of anilines is 3. The summed E-state index contributed by atoms with van der Waals surface area (Å²) in [4.78, 5) is 23.4. The summed E-state index contributed by atoms with van der Waals surface area (Å²) < 4.78 is 13.7. The van der Waals surface area contributed by atoms with E-state index in [0.29, 0.717) is 29.5 Å². The lowest BCUT2D eigenvalue weighted by molar-refractivity contribution is -0.121. The number of halogens is 2. The van der Waals surface area contributed by atoms with Crippen molar-refractivity contribution >= 4 is 34.7 Å². The number of rotatable bonds is 7. The number of carbonyl (C=O) groups is 1. The van der Waals surface area contributed by atoms with Crippen molar-refractivity contribution < 1.29 is 9.18 Å². The van der Waals surface area contributed by atoms with Gasteiger partial charge in [-0.2, -0.15) is 5.26 Å². The number of nitriles is 1. The molecule has 1 aliphatic carbocycles. The average Bonchev–Trinajstić information content (AvgIpc) is 3.56. The number of ketones is 1. The van der Waals surface area contributed by atoms with Crippen LogP contribution in [-0.4, -0.2) is 34.9 Å². The summed E-state index contributed by atoms with van der Waals surface area (Å²) in [5.74, 6) is 0.787. The zero-order valence-electron chi connectivity index (χ0n) is 17.0. The highest BCUT2D eigenvalue weighted by molar-refractivity contribution is 6.30. The van der Waals surface area contributed by atoms with Gasteiger partial charge in [-0.1, -0.05) is 11.6 Å². The third-order valence-corrected chi connectivity index (χ3v) is 6.12. The van der Waals surface area contributed by atoms with E-state index < -0.39 is 5.82 Å². The Bertz CT molecular complexity index is 1000. The summed E-state index contributed by atoms with van der Waals surface area (Å²) in [6.45, 7) is 1.38. The molecule has 1 aromatic carbocycles. The zero-order valence-corrected chi connectivity index (χ0v) is 17.8. The van der Waals surface area contributed by atoms with E-state index in [2.05, 4.69) is 21.4 Å². The quantitative estimate of drug-likeness (QED) is 0.671. The number of piperidine rings is 1. The molecule has 2 fully saturated rings. The van der Waals surface area contributed by atoms with Crippen LogP contribution in [0.4, 0.5) is 21.7 Å². The van der Waals surface area contributed by atoms with E-state index in [0.717, 1.165) is 32.2 Å². The van der Waals surface area contributed by atoms with E-state index in [1.165, 1.54) is 18.5 Å². The van der Waals surface area contributed by atoms with Gasteiger partial charge in [0.2, 0.25) is 0 Å². The van der Waals surface area contributed by atoms with Crippen molar-refractivity contribution in [2.75, 3.05) is 29.0 Å². The monoisotopic (exact) mass is 442 g/mol. The molecule has 2 aromatic rings. The standard InChI is InChI=1S/C22H24ClFN6O/c23-15-7-16(24)9-17(8-15)29-20(14-3-4-14)19(31)6-13-2-1-5-30(11-13)22-18(10-25)21(26)27-12-28-22/h7-9,12-14,20,29H,1-6,11H2,(H2,26,27,28)/t13-,20+/m0/s1. The third kappa shape index (κ3) is 5.05. The minimum absolute atomic E-state index is 0.123. The van der Waals surface area contributed by atoms with E-state index in [9.17, 15) is 14.4 Å². The van der Waals surface area contributed by atoms with Crippen LogP contribution in [0.2, 0.25) is 5.02 Å². The van der Waals surface area contributed by atoms with Crippen LogP contribution in [0.3, 0.4) is 0 Å². The van der Waals surface area contributed by atoms with Gasteiger partial charge < -0.3 is 16.0 Å². The Morgan fingerprint density at radius 1 is 1.35 bits per heavy atom. The van der Waals surface area contributed by atoms with Crippen molar-refractivity contribution in [3.8, 4) is 6.07 Å². The number of aromatic nitrogens is 2. The molecule has 162 valence electrons. The Labute approximate surface area is 185 Å².